The van der Waals surface area contributed by atoms with E-state index in [0.717, 1.165) is 9.13 Å². The molecular formula is C17H11ClI2N2O3S. The molecule has 0 heterocycles. The third kappa shape index (κ3) is 6.18. The van der Waals surface area contributed by atoms with E-state index in [1.807, 2.05) is 45.2 Å². The van der Waals surface area contributed by atoms with Gasteiger partial charge in [-0.1, -0.05) is 23.7 Å². The number of hydrogen-bond acceptors (Lipinski definition) is 3. The van der Waals surface area contributed by atoms with Gasteiger partial charge in [-0.2, -0.15) is 0 Å². The number of amides is 1. The van der Waals surface area contributed by atoms with Gasteiger partial charge in [0.05, 0.1) is 11.3 Å². The molecule has 1 amide bonds. The molecule has 0 aliphatic heterocycles. The van der Waals surface area contributed by atoms with Crippen LogP contribution in [0.2, 0.25) is 5.02 Å². The minimum atomic E-state index is -1.08. The van der Waals surface area contributed by atoms with Crippen LogP contribution in [0.25, 0.3) is 6.08 Å². The van der Waals surface area contributed by atoms with E-state index in [1.165, 1.54) is 12.1 Å². The SMILES string of the molecule is O=C(/C=C/c1ccc(Cl)cc1)NC(=S)Nc1c(I)cc(I)cc1C(=O)O. The van der Waals surface area contributed by atoms with Crippen LogP contribution in [-0.4, -0.2) is 22.1 Å². The molecule has 2 aromatic carbocycles. The van der Waals surface area contributed by atoms with Gasteiger partial charge < -0.3 is 10.4 Å². The van der Waals surface area contributed by atoms with Gasteiger partial charge in [-0.3, -0.25) is 10.1 Å². The smallest absolute Gasteiger partial charge is 0.337 e. The highest BCUT2D eigenvalue weighted by Crippen LogP contribution is 2.26. The van der Waals surface area contributed by atoms with Crippen molar-refractivity contribution in [1.29, 1.82) is 0 Å². The number of hydrogen-bond donors (Lipinski definition) is 3. The Morgan fingerprint density at radius 1 is 1.15 bits per heavy atom. The number of carbonyl (C=O) groups excluding carboxylic acids is 1. The molecule has 0 saturated carbocycles. The summed E-state index contributed by atoms with van der Waals surface area (Å²) in [6.07, 6.45) is 2.94. The molecule has 0 radical (unpaired) electrons. The number of carboxylic acids is 1. The molecule has 0 aliphatic rings. The van der Waals surface area contributed by atoms with Gasteiger partial charge in [0.1, 0.15) is 0 Å². The van der Waals surface area contributed by atoms with Crippen LogP contribution in [0, 0.1) is 7.14 Å². The summed E-state index contributed by atoms with van der Waals surface area (Å²) in [7, 11) is 0. The van der Waals surface area contributed by atoms with Gasteiger partial charge in [0.15, 0.2) is 5.11 Å². The molecule has 0 spiro atoms. The predicted molar refractivity (Wildman–Crippen MR) is 124 cm³/mol. The molecule has 9 heteroatoms. The van der Waals surface area contributed by atoms with Crippen LogP contribution in [-0.2, 0) is 4.79 Å². The molecule has 0 saturated heterocycles. The van der Waals surface area contributed by atoms with Gasteiger partial charge in [0.25, 0.3) is 0 Å². The molecule has 2 aromatic rings. The van der Waals surface area contributed by atoms with Gasteiger partial charge >= 0.3 is 5.97 Å². The van der Waals surface area contributed by atoms with Crippen LogP contribution < -0.4 is 10.6 Å². The standard InChI is InChI=1S/C17H11ClI2N2O3S/c18-10-4-1-9(2-5-10)3-6-14(23)21-17(26)22-15-12(16(24)25)7-11(19)8-13(15)20/h1-8H,(H,24,25)(H2,21,22,23,26)/b6-3+. The highest BCUT2D eigenvalue weighted by atomic mass is 127. The van der Waals surface area contributed by atoms with Crippen LogP contribution in [0.5, 0.6) is 0 Å². The summed E-state index contributed by atoms with van der Waals surface area (Å²) in [5.74, 6) is -1.52. The molecule has 0 fully saturated rings. The van der Waals surface area contributed by atoms with Crippen LogP contribution >= 0.6 is 69.0 Å². The first kappa shape index (κ1) is 21.1. The number of anilines is 1. The lowest BCUT2D eigenvalue weighted by Crippen LogP contribution is -2.33. The third-order valence-corrected chi connectivity index (χ3v) is 4.99. The molecule has 0 aromatic heterocycles. The number of benzene rings is 2. The monoisotopic (exact) mass is 612 g/mol. The molecule has 0 atom stereocenters. The van der Waals surface area contributed by atoms with Gasteiger partial charge in [-0.15, -0.1) is 0 Å². The maximum absolute atomic E-state index is 12.0. The Labute approximate surface area is 187 Å². The Hall–Kier alpha value is -1.24. The Morgan fingerprint density at radius 2 is 1.81 bits per heavy atom. The van der Waals surface area contributed by atoms with E-state index in [1.54, 1.807) is 36.4 Å². The zero-order valence-corrected chi connectivity index (χ0v) is 18.8. The van der Waals surface area contributed by atoms with Gasteiger partial charge in [0, 0.05) is 18.2 Å². The number of thiocarbonyl (C=S) groups is 1. The normalized spacial score (nSPS) is 10.6. The molecule has 0 unspecified atom stereocenters. The molecular weight excluding hydrogens is 602 g/mol. The second-order valence-electron chi connectivity index (χ2n) is 4.94. The molecule has 5 nitrogen and oxygen atoms in total. The lowest BCUT2D eigenvalue weighted by Gasteiger charge is -2.13. The van der Waals surface area contributed by atoms with Crippen LogP contribution in [0.15, 0.2) is 42.5 Å². The maximum Gasteiger partial charge on any atom is 0.337 e. The second-order valence-corrected chi connectivity index (χ2v) is 8.20. The lowest BCUT2D eigenvalue weighted by molar-refractivity contribution is -0.115. The zero-order valence-electron chi connectivity index (χ0n) is 12.9. The fourth-order valence-electron chi connectivity index (χ4n) is 1.91. The summed E-state index contributed by atoms with van der Waals surface area (Å²) in [6, 6.07) is 10.3. The third-order valence-electron chi connectivity index (χ3n) is 3.06. The molecule has 0 bridgehead atoms. The molecule has 26 heavy (non-hydrogen) atoms. The van der Waals surface area contributed by atoms with E-state index in [0.29, 0.717) is 14.3 Å². The summed E-state index contributed by atoms with van der Waals surface area (Å²) < 4.78 is 1.47. The van der Waals surface area contributed by atoms with E-state index in [9.17, 15) is 14.7 Å². The minimum absolute atomic E-state index is 0.0115. The lowest BCUT2D eigenvalue weighted by atomic mass is 10.2. The second kappa shape index (κ2) is 9.62. The van der Waals surface area contributed by atoms with Crippen molar-refractivity contribution < 1.29 is 14.7 Å². The van der Waals surface area contributed by atoms with E-state index < -0.39 is 11.9 Å². The first-order valence-corrected chi connectivity index (χ1v) is 9.98. The average Bonchev–Trinajstić information content (AvgIpc) is 2.56. The number of aromatic carboxylic acids is 1. The van der Waals surface area contributed by atoms with Crippen molar-refractivity contribution in [1.82, 2.24) is 5.32 Å². The minimum Gasteiger partial charge on any atom is -0.478 e. The number of carboxylic acid groups (broad SMARTS) is 1. The maximum atomic E-state index is 12.0. The Morgan fingerprint density at radius 3 is 2.42 bits per heavy atom. The first-order valence-electron chi connectivity index (χ1n) is 7.04. The molecule has 2 rings (SSSR count). The van der Waals surface area contributed by atoms with Gasteiger partial charge in [0.2, 0.25) is 5.91 Å². The number of carbonyl (C=O) groups is 2. The first-order chi connectivity index (χ1) is 12.3. The number of nitrogens with one attached hydrogen (secondary N) is 2. The quantitative estimate of drug-likeness (QED) is 0.264. The zero-order chi connectivity index (χ0) is 19.3. The van der Waals surface area contributed by atoms with Crippen molar-refractivity contribution in [3.05, 3.63) is 65.8 Å². The number of halogens is 3. The van der Waals surface area contributed by atoms with Gasteiger partial charge in [-0.25, -0.2) is 4.79 Å². The molecule has 0 aliphatic carbocycles. The average molecular weight is 613 g/mol. The highest BCUT2D eigenvalue weighted by Gasteiger charge is 2.16. The summed E-state index contributed by atoms with van der Waals surface area (Å²) >= 11 is 15.0. The van der Waals surface area contributed by atoms with Crippen LogP contribution in [0.1, 0.15) is 15.9 Å². The Kier molecular flexibility index (Phi) is 7.80. The van der Waals surface area contributed by atoms with E-state index in [2.05, 4.69) is 10.6 Å². The van der Waals surface area contributed by atoms with Crippen molar-refractivity contribution in [3.8, 4) is 0 Å². The van der Waals surface area contributed by atoms with Crippen molar-refractivity contribution in [2.24, 2.45) is 0 Å². The van der Waals surface area contributed by atoms with E-state index in [-0.39, 0.29) is 10.7 Å². The van der Waals surface area contributed by atoms with Crippen molar-refractivity contribution in [2.45, 2.75) is 0 Å². The molecule has 134 valence electrons. The summed E-state index contributed by atoms with van der Waals surface area (Å²) in [5.41, 5.74) is 1.23. The van der Waals surface area contributed by atoms with Crippen molar-refractivity contribution >= 4 is 97.8 Å². The number of rotatable bonds is 4. The van der Waals surface area contributed by atoms with Crippen LogP contribution in [0.3, 0.4) is 0 Å². The highest BCUT2D eigenvalue weighted by molar-refractivity contribution is 14.1. The van der Waals surface area contributed by atoms with E-state index in [4.69, 9.17) is 23.8 Å². The van der Waals surface area contributed by atoms with E-state index >= 15 is 0 Å². The fraction of sp³-hybridized carbons (Fsp3) is 0. The van der Waals surface area contributed by atoms with Crippen molar-refractivity contribution in [3.63, 3.8) is 0 Å². The molecule has 3 N–H and O–H groups in total. The topological polar surface area (TPSA) is 78.4 Å². The summed E-state index contributed by atoms with van der Waals surface area (Å²) in [6.45, 7) is 0. The summed E-state index contributed by atoms with van der Waals surface area (Å²) in [4.78, 5) is 23.4. The van der Waals surface area contributed by atoms with Crippen molar-refractivity contribution in [2.75, 3.05) is 5.32 Å². The van der Waals surface area contributed by atoms with Gasteiger partial charge in [-0.05, 0) is 93.3 Å². The Bertz CT molecular complexity index is 902. The van der Waals surface area contributed by atoms with Crippen LogP contribution in [0.4, 0.5) is 5.69 Å². The fourth-order valence-corrected chi connectivity index (χ4v) is 4.22. The largest absolute Gasteiger partial charge is 0.478 e. The Balaban J connectivity index is 2.06. The summed E-state index contributed by atoms with van der Waals surface area (Å²) in [5, 5.41) is 15.2. The predicted octanol–water partition coefficient (Wildman–Crippen LogP) is 4.77.